The van der Waals surface area contributed by atoms with Crippen LogP contribution in [0.1, 0.15) is 74.7 Å². The molecule has 2 aliphatic heterocycles. The fourth-order valence-electron chi connectivity index (χ4n) is 4.06. The predicted molar refractivity (Wildman–Crippen MR) is 114 cm³/mol. The third-order valence-corrected chi connectivity index (χ3v) is 5.09. The number of carbonyl (C=O) groups excluding carboxylic acids is 3. The zero-order valence-electron chi connectivity index (χ0n) is 19.8. The zero-order valence-corrected chi connectivity index (χ0v) is 19.8. The van der Waals surface area contributed by atoms with Gasteiger partial charge in [-0.05, 0) is 66.7 Å². The number of rotatable bonds is 4. The van der Waals surface area contributed by atoms with Gasteiger partial charge in [0.05, 0.1) is 12.1 Å². The minimum atomic E-state index is -0.646. The van der Waals surface area contributed by atoms with Crippen molar-refractivity contribution in [2.75, 3.05) is 13.1 Å². The number of alkyl carbamates (subject to hydrolysis) is 1. The second kappa shape index (κ2) is 9.02. The van der Waals surface area contributed by atoms with Gasteiger partial charge >= 0.3 is 12.2 Å². The number of nitrogens with one attached hydrogen (secondary N) is 1. The lowest BCUT2D eigenvalue weighted by atomic mass is 10.0. The van der Waals surface area contributed by atoms with Gasteiger partial charge < -0.3 is 19.7 Å². The molecule has 0 radical (unpaired) electrons. The molecular formula is C22H39N3O5. The average Bonchev–Trinajstić information content (AvgIpc) is 2.80. The molecule has 2 fully saturated rings. The highest BCUT2D eigenvalue weighted by molar-refractivity contribution is 5.86. The summed E-state index contributed by atoms with van der Waals surface area (Å²) >= 11 is 0. The van der Waals surface area contributed by atoms with Crippen LogP contribution in [0.4, 0.5) is 9.59 Å². The number of hydrogen-bond donors (Lipinski definition) is 1. The molecule has 1 N–H and O–H groups in total. The molecule has 2 rings (SSSR count). The lowest BCUT2D eigenvalue weighted by Crippen LogP contribution is -2.61. The van der Waals surface area contributed by atoms with Crippen LogP contribution in [-0.4, -0.2) is 70.3 Å². The second-order valence-electron chi connectivity index (χ2n) is 10.8. The summed E-state index contributed by atoms with van der Waals surface area (Å²) < 4.78 is 10.9. The van der Waals surface area contributed by atoms with E-state index in [-0.39, 0.29) is 30.0 Å². The van der Waals surface area contributed by atoms with Crippen LogP contribution in [0.3, 0.4) is 0 Å². The van der Waals surface area contributed by atoms with Crippen LogP contribution in [0.2, 0.25) is 0 Å². The Hall–Kier alpha value is -1.99. The molecule has 2 unspecified atom stereocenters. The van der Waals surface area contributed by atoms with Crippen LogP contribution < -0.4 is 5.32 Å². The molecule has 2 aliphatic rings. The topological polar surface area (TPSA) is 88.2 Å². The number of nitrogens with zero attached hydrogens (tertiary/aromatic N) is 2. The maximum absolute atomic E-state index is 13.3. The molecule has 0 aromatic rings. The molecule has 8 nitrogen and oxygen atoms in total. The molecule has 3 atom stereocenters. The highest BCUT2D eigenvalue weighted by Crippen LogP contribution is 2.32. The van der Waals surface area contributed by atoms with Crippen molar-refractivity contribution in [2.45, 2.75) is 104 Å². The van der Waals surface area contributed by atoms with Crippen LogP contribution in [0.5, 0.6) is 0 Å². The van der Waals surface area contributed by atoms with Crippen LogP contribution in [-0.2, 0) is 14.3 Å². The molecule has 0 aromatic heterocycles. The van der Waals surface area contributed by atoms with Gasteiger partial charge in [-0.2, -0.15) is 0 Å². The van der Waals surface area contributed by atoms with E-state index in [9.17, 15) is 14.4 Å². The molecule has 2 bridgehead atoms. The largest absolute Gasteiger partial charge is 0.444 e. The van der Waals surface area contributed by atoms with Gasteiger partial charge in [-0.3, -0.25) is 9.69 Å². The molecule has 8 heteroatoms. The molecule has 0 spiro atoms. The first-order valence-electron chi connectivity index (χ1n) is 11.0. The number of fused-ring (bicyclic) bond motifs is 2. The summed E-state index contributed by atoms with van der Waals surface area (Å²) in [5.74, 6) is 0.115. The summed E-state index contributed by atoms with van der Waals surface area (Å²) in [4.78, 5) is 41.8. The molecule has 30 heavy (non-hydrogen) atoms. The first kappa shape index (κ1) is 24.3. The number of ether oxygens (including phenoxy) is 2. The maximum atomic E-state index is 13.3. The third-order valence-electron chi connectivity index (χ3n) is 5.09. The zero-order chi connectivity index (χ0) is 22.9. The van der Waals surface area contributed by atoms with E-state index in [0.29, 0.717) is 19.5 Å². The van der Waals surface area contributed by atoms with Crippen molar-refractivity contribution in [3.63, 3.8) is 0 Å². The van der Waals surface area contributed by atoms with Crippen molar-refractivity contribution in [3.8, 4) is 0 Å². The molecule has 2 heterocycles. The third kappa shape index (κ3) is 6.77. The average molecular weight is 426 g/mol. The lowest BCUT2D eigenvalue weighted by Gasteiger charge is -2.42. The summed E-state index contributed by atoms with van der Waals surface area (Å²) in [6.07, 6.45) is 1.33. The molecule has 0 aromatic carbocycles. The quantitative estimate of drug-likeness (QED) is 0.744. The smallest absolute Gasteiger partial charge is 0.410 e. The minimum absolute atomic E-state index is 0.0521. The molecule has 3 amide bonds. The highest BCUT2D eigenvalue weighted by Gasteiger charge is 2.46. The van der Waals surface area contributed by atoms with E-state index in [1.165, 1.54) is 0 Å². The first-order chi connectivity index (χ1) is 13.7. The van der Waals surface area contributed by atoms with E-state index in [4.69, 9.17) is 9.47 Å². The lowest BCUT2D eigenvalue weighted by molar-refractivity contribution is -0.137. The Morgan fingerprint density at radius 3 is 1.87 bits per heavy atom. The number of likely N-dealkylation sites (tertiary alicyclic amines) is 1. The minimum Gasteiger partial charge on any atom is -0.444 e. The Labute approximate surface area is 180 Å². The number of amides is 3. The molecule has 2 saturated heterocycles. The van der Waals surface area contributed by atoms with Crippen molar-refractivity contribution in [2.24, 2.45) is 5.92 Å². The Morgan fingerprint density at radius 2 is 1.43 bits per heavy atom. The van der Waals surface area contributed by atoms with Crippen LogP contribution in [0.15, 0.2) is 0 Å². The Kier molecular flexibility index (Phi) is 7.30. The summed E-state index contributed by atoms with van der Waals surface area (Å²) in [7, 11) is 0. The van der Waals surface area contributed by atoms with E-state index in [1.807, 2.05) is 34.6 Å². The van der Waals surface area contributed by atoms with Crippen LogP contribution >= 0.6 is 0 Å². The predicted octanol–water partition coefficient (Wildman–Crippen LogP) is 3.54. The summed E-state index contributed by atoms with van der Waals surface area (Å²) in [6, 6.07) is -0.750. The van der Waals surface area contributed by atoms with Crippen LogP contribution in [0, 0.1) is 5.92 Å². The normalized spacial score (nSPS) is 22.7. The summed E-state index contributed by atoms with van der Waals surface area (Å²) in [6.45, 7) is 15.9. The molecule has 0 saturated carbocycles. The van der Waals surface area contributed by atoms with E-state index in [2.05, 4.69) is 5.32 Å². The monoisotopic (exact) mass is 425 g/mol. The van der Waals surface area contributed by atoms with Crippen molar-refractivity contribution in [1.29, 1.82) is 0 Å². The Balaban J connectivity index is 2.06. The van der Waals surface area contributed by atoms with Crippen molar-refractivity contribution in [3.05, 3.63) is 0 Å². The van der Waals surface area contributed by atoms with Crippen molar-refractivity contribution >= 4 is 18.1 Å². The van der Waals surface area contributed by atoms with Crippen LogP contribution in [0.25, 0.3) is 0 Å². The summed E-state index contributed by atoms with van der Waals surface area (Å²) in [5.41, 5.74) is -1.18. The fourth-order valence-corrected chi connectivity index (χ4v) is 4.06. The molecular weight excluding hydrogens is 386 g/mol. The first-order valence-corrected chi connectivity index (χ1v) is 11.0. The molecule has 172 valence electrons. The Morgan fingerprint density at radius 1 is 0.933 bits per heavy atom. The standard InChI is InChI=1S/C22H39N3O5/c1-14(2)11-17(23-19(27)29-21(3,4)5)18(26)24-12-15-9-10-16(13-24)25(15)20(28)30-22(6,7)8/h14-17H,9-13H2,1-8H3,(H,23,27)/t15?,16?,17-/m0/s1. The Bertz CT molecular complexity index is 636. The molecule has 0 aliphatic carbocycles. The van der Waals surface area contributed by atoms with E-state index in [0.717, 1.165) is 12.8 Å². The number of hydrogen-bond acceptors (Lipinski definition) is 5. The second-order valence-corrected chi connectivity index (χ2v) is 10.8. The van der Waals surface area contributed by atoms with Crippen molar-refractivity contribution in [1.82, 2.24) is 15.1 Å². The SMILES string of the molecule is CC(C)C[C@H](NC(=O)OC(C)(C)C)C(=O)N1CC2CCC(C1)N2C(=O)OC(C)(C)C. The van der Waals surface area contributed by atoms with Gasteiger partial charge in [-0.1, -0.05) is 13.8 Å². The number of piperazine rings is 1. The van der Waals surface area contributed by atoms with Gasteiger partial charge in [0.2, 0.25) is 5.91 Å². The van der Waals surface area contributed by atoms with Gasteiger partial charge in [0.25, 0.3) is 0 Å². The van der Waals surface area contributed by atoms with Gasteiger partial charge in [-0.25, -0.2) is 9.59 Å². The summed E-state index contributed by atoms with van der Waals surface area (Å²) in [5, 5.41) is 2.76. The van der Waals surface area contributed by atoms with Gasteiger partial charge in [0, 0.05) is 13.1 Å². The van der Waals surface area contributed by atoms with E-state index < -0.39 is 23.3 Å². The van der Waals surface area contributed by atoms with Gasteiger partial charge in [0.1, 0.15) is 17.2 Å². The van der Waals surface area contributed by atoms with Crippen molar-refractivity contribution < 1.29 is 23.9 Å². The van der Waals surface area contributed by atoms with E-state index in [1.54, 1.807) is 30.6 Å². The highest BCUT2D eigenvalue weighted by atomic mass is 16.6. The van der Waals surface area contributed by atoms with Gasteiger partial charge in [0.15, 0.2) is 0 Å². The maximum Gasteiger partial charge on any atom is 0.410 e. The fraction of sp³-hybridized carbons (Fsp3) is 0.864. The van der Waals surface area contributed by atoms with Gasteiger partial charge in [-0.15, -0.1) is 0 Å². The number of carbonyl (C=O) groups is 3. The van der Waals surface area contributed by atoms with E-state index >= 15 is 0 Å².